The van der Waals surface area contributed by atoms with Crippen LogP contribution in [0.3, 0.4) is 0 Å². The molecule has 0 aliphatic rings. The molecule has 4 nitrogen and oxygen atoms in total. The molecule has 0 aliphatic carbocycles. The largest absolute Gasteiger partial charge is 0.348 e. The lowest BCUT2D eigenvalue weighted by molar-refractivity contribution is -0.124. The van der Waals surface area contributed by atoms with E-state index >= 15 is 0 Å². The molecule has 0 aliphatic heterocycles. The molecule has 0 fully saturated rings. The van der Waals surface area contributed by atoms with E-state index in [1.807, 2.05) is 0 Å². The quantitative estimate of drug-likeness (QED) is 0.769. The Balaban J connectivity index is 2.12. The van der Waals surface area contributed by atoms with E-state index < -0.39 is 35.5 Å². The first-order valence-electron chi connectivity index (χ1n) is 8.51. The van der Waals surface area contributed by atoms with Crippen LogP contribution in [-0.4, -0.2) is 17.9 Å². The second-order valence-electron chi connectivity index (χ2n) is 6.57. The van der Waals surface area contributed by atoms with Gasteiger partial charge in [0.15, 0.2) is 0 Å². The zero-order chi connectivity index (χ0) is 20.1. The second kappa shape index (κ2) is 8.95. The minimum Gasteiger partial charge on any atom is -0.348 e. The van der Waals surface area contributed by atoms with Crippen LogP contribution in [-0.2, 0) is 4.79 Å². The number of hydrogen-bond donors (Lipinski definition) is 2. The Kier molecular flexibility index (Phi) is 6.91. The van der Waals surface area contributed by atoms with Crippen LogP contribution in [0.2, 0.25) is 5.02 Å². The summed E-state index contributed by atoms with van der Waals surface area (Å²) in [5.74, 6) is -2.61. The van der Waals surface area contributed by atoms with Crippen molar-refractivity contribution in [3.63, 3.8) is 0 Å². The van der Waals surface area contributed by atoms with Gasteiger partial charge in [-0.05, 0) is 31.0 Å². The summed E-state index contributed by atoms with van der Waals surface area (Å²) < 4.78 is 27.0. The van der Waals surface area contributed by atoms with Crippen LogP contribution in [0.15, 0.2) is 42.5 Å². The van der Waals surface area contributed by atoms with E-state index in [0.29, 0.717) is 0 Å². The Bertz CT molecular complexity index is 842. The number of carbonyl (C=O) groups excluding carboxylic acids is 2. The smallest absolute Gasteiger partial charge is 0.253 e. The van der Waals surface area contributed by atoms with E-state index in [1.165, 1.54) is 6.07 Å². The van der Waals surface area contributed by atoms with Gasteiger partial charge in [-0.25, -0.2) is 8.78 Å². The van der Waals surface area contributed by atoms with E-state index in [1.54, 1.807) is 45.0 Å². The molecule has 2 atom stereocenters. The Morgan fingerprint density at radius 2 is 1.67 bits per heavy atom. The van der Waals surface area contributed by atoms with Crippen molar-refractivity contribution in [3.8, 4) is 0 Å². The molecule has 7 heteroatoms. The first-order chi connectivity index (χ1) is 12.7. The molecule has 2 unspecified atom stereocenters. The van der Waals surface area contributed by atoms with Crippen molar-refractivity contribution in [2.45, 2.75) is 32.9 Å². The van der Waals surface area contributed by atoms with Crippen molar-refractivity contribution >= 4 is 23.4 Å². The van der Waals surface area contributed by atoms with Gasteiger partial charge in [-0.2, -0.15) is 0 Å². The van der Waals surface area contributed by atoms with Gasteiger partial charge >= 0.3 is 0 Å². The average Bonchev–Trinajstić information content (AvgIpc) is 2.59. The highest BCUT2D eigenvalue weighted by molar-refractivity contribution is 6.33. The summed E-state index contributed by atoms with van der Waals surface area (Å²) in [6.45, 7) is 5.14. The van der Waals surface area contributed by atoms with E-state index in [-0.39, 0.29) is 22.1 Å². The van der Waals surface area contributed by atoms with Crippen LogP contribution in [0.5, 0.6) is 0 Å². The van der Waals surface area contributed by atoms with Crippen molar-refractivity contribution in [1.29, 1.82) is 0 Å². The maximum atomic E-state index is 13.9. The summed E-state index contributed by atoms with van der Waals surface area (Å²) in [5.41, 5.74) is 0.417. The highest BCUT2D eigenvalue weighted by Gasteiger charge is 2.27. The fourth-order valence-corrected chi connectivity index (χ4v) is 2.85. The molecule has 2 amide bonds. The predicted octanol–water partition coefficient (Wildman–Crippen LogP) is 4.25. The summed E-state index contributed by atoms with van der Waals surface area (Å²) in [5, 5.41) is 5.60. The highest BCUT2D eigenvalue weighted by atomic mass is 35.5. The molecule has 2 rings (SSSR count). The Hall–Kier alpha value is -2.47. The predicted molar refractivity (Wildman–Crippen MR) is 100 cm³/mol. The minimum atomic E-state index is -0.847. The fourth-order valence-electron chi connectivity index (χ4n) is 2.63. The molecule has 0 aromatic heterocycles. The molecule has 0 saturated carbocycles. The lowest BCUT2D eigenvalue weighted by Gasteiger charge is -2.24. The molecular weight excluding hydrogens is 374 g/mol. The molecule has 0 radical (unpaired) electrons. The molecule has 27 heavy (non-hydrogen) atoms. The van der Waals surface area contributed by atoms with Gasteiger partial charge in [-0.1, -0.05) is 43.6 Å². The maximum Gasteiger partial charge on any atom is 0.253 e. The third-order valence-corrected chi connectivity index (χ3v) is 4.47. The van der Waals surface area contributed by atoms with Gasteiger partial charge in [0.25, 0.3) is 5.91 Å². The fraction of sp³-hybridized carbons (Fsp3) is 0.300. The topological polar surface area (TPSA) is 58.2 Å². The monoisotopic (exact) mass is 394 g/mol. The average molecular weight is 395 g/mol. The molecule has 0 heterocycles. The molecule has 0 bridgehead atoms. The number of benzene rings is 2. The van der Waals surface area contributed by atoms with Crippen LogP contribution in [0, 0.1) is 17.6 Å². The molecular formula is C20H21ClF2N2O2. The summed E-state index contributed by atoms with van der Waals surface area (Å²) in [4.78, 5) is 25.1. The number of halogens is 3. The van der Waals surface area contributed by atoms with Gasteiger partial charge in [-0.3, -0.25) is 9.59 Å². The number of amides is 2. The third kappa shape index (κ3) is 5.26. The minimum absolute atomic E-state index is 0.157. The van der Waals surface area contributed by atoms with E-state index in [9.17, 15) is 18.4 Å². The van der Waals surface area contributed by atoms with Crippen molar-refractivity contribution in [3.05, 3.63) is 70.2 Å². The van der Waals surface area contributed by atoms with Crippen LogP contribution in [0.25, 0.3) is 0 Å². The first-order valence-corrected chi connectivity index (χ1v) is 8.89. The van der Waals surface area contributed by atoms with E-state index in [2.05, 4.69) is 10.6 Å². The van der Waals surface area contributed by atoms with Gasteiger partial charge in [0.2, 0.25) is 5.91 Å². The van der Waals surface area contributed by atoms with Gasteiger partial charge in [-0.15, -0.1) is 0 Å². The Morgan fingerprint density at radius 1 is 1.00 bits per heavy atom. The molecule has 2 aromatic carbocycles. The van der Waals surface area contributed by atoms with Crippen molar-refractivity contribution in [2.75, 3.05) is 0 Å². The van der Waals surface area contributed by atoms with Crippen LogP contribution >= 0.6 is 11.6 Å². The lowest BCUT2D eigenvalue weighted by Crippen LogP contribution is -2.50. The molecule has 0 saturated heterocycles. The van der Waals surface area contributed by atoms with Crippen LogP contribution in [0.1, 0.15) is 42.7 Å². The number of nitrogens with one attached hydrogen (secondary N) is 2. The number of hydrogen-bond acceptors (Lipinski definition) is 2. The summed E-state index contributed by atoms with van der Waals surface area (Å²) in [6, 6.07) is 8.13. The van der Waals surface area contributed by atoms with E-state index in [4.69, 9.17) is 11.6 Å². The highest BCUT2D eigenvalue weighted by Crippen LogP contribution is 2.19. The van der Waals surface area contributed by atoms with Crippen molar-refractivity contribution < 1.29 is 18.4 Å². The standard InChI is InChI=1S/C20H21ClF2N2O2/c1-11(2)18(25-19(26)15-6-4-5-7-16(15)21)20(27)24-12(3)14-9-8-13(22)10-17(14)23/h4-12,18H,1-3H3,(H,24,27)(H,25,26). The molecule has 2 N–H and O–H groups in total. The second-order valence-corrected chi connectivity index (χ2v) is 6.98. The Morgan fingerprint density at radius 3 is 2.26 bits per heavy atom. The lowest BCUT2D eigenvalue weighted by atomic mass is 10.0. The summed E-state index contributed by atoms with van der Waals surface area (Å²) in [7, 11) is 0. The zero-order valence-electron chi connectivity index (χ0n) is 15.2. The Labute approximate surface area is 161 Å². The molecule has 0 spiro atoms. The summed E-state index contributed by atoms with van der Waals surface area (Å²) >= 11 is 6.02. The number of carbonyl (C=O) groups is 2. The maximum absolute atomic E-state index is 13.9. The molecule has 2 aromatic rings. The van der Waals surface area contributed by atoms with Gasteiger partial charge in [0.1, 0.15) is 17.7 Å². The zero-order valence-corrected chi connectivity index (χ0v) is 16.0. The SMILES string of the molecule is CC(NC(=O)C(NC(=O)c1ccccc1Cl)C(C)C)c1ccc(F)cc1F. The summed E-state index contributed by atoms with van der Waals surface area (Å²) in [6.07, 6.45) is 0. The van der Waals surface area contributed by atoms with Crippen LogP contribution in [0.4, 0.5) is 8.78 Å². The van der Waals surface area contributed by atoms with Crippen molar-refractivity contribution in [2.24, 2.45) is 5.92 Å². The van der Waals surface area contributed by atoms with E-state index in [0.717, 1.165) is 12.1 Å². The van der Waals surface area contributed by atoms with Crippen LogP contribution < -0.4 is 10.6 Å². The third-order valence-electron chi connectivity index (χ3n) is 4.14. The van der Waals surface area contributed by atoms with Gasteiger partial charge in [0.05, 0.1) is 16.6 Å². The first kappa shape index (κ1) is 20.8. The molecule has 144 valence electrons. The van der Waals surface area contributed by atoms with Crippen molar-refractivity contribution in [1.82, 2.24) is 10.6 Å². The van der Waals surface area contributed by atoms with Gasteiger partial charge < -0.3 is 10.6 Å². The number of rotatable bonds is 6. The normalized spacial score (nSPS) is 13.1. The van der Waals surface area contributed by atoms with Gasteiger partial charge in [0, 0.05) is 11.6 Å².